The highest BCUT2D eigenvalue weighted by atomic mass is 16.5. The fourth-order valence-corrected chi connectivity index (χ4v) is 4.02. The first-order chi connectivity index (χ1) is 16.3. The zero-order valence-electron chi connectivity index (χ0n) is 20.6. The van der Waals surface area contributed by atoms with E-state index >= 15 is 0 Å². The molecule has 0 bridgehead atoms. The van der Waals surface area contributed by atoms with Crippen molar-refractivity contribution in [2.45, 2.75) is 84.5 Å². The minimum Gasteiger partial charge on any atom is -0.494 e. The van der Waals surface area contributed by atoms with Crippen molar-refractivity contribution in [3.05, 3.63) is 66.5 Å². The highest BCUT2D eigenvalue weighted by Gasteiger charge is 2.04. The average molecular weight is 445 g/mol. The van der Waals surface area contributed by atoms with Crippen LogP contribution in [0.25, 0.3) is 22.5 Å². The normalized spacial score (nSPS) is 11.0. The molecule has 1 aromatic heterocycles. The molecular weight excluding hydrogens is 404 g/mol. The van der Waals surface area contributed by atoms with E-state index in [4.69, 9.17) is 4.74 Å². The number of benzene rings is 2. The molecule has 0 amide bonds. The van der Waals surface area contributed by atoms with Gasteiger partial charge in [0.2, 0.25) is 0 Å². The van der Waals surface area contributed by atoms with Crippen molar-refractivity contribution in [1.29, 1.82) is 0 Å². The molecule has 0 aliphatic rings. The summed E-state index contributed by atoms with van der Waals surface area (Å²) in [5, 5.41) is 0. The standard InChI is InChI=1S/C30H40N2O/c1-3-5-7-9-11-13-25-23-31-30(32-24-25)28-16-14-26(15-17-28)27-18-20-29(21-19-27)33-22-12-10-8-6-4-2/h14-21,23-24H,3-13,22H2,1-2H3. The summed E-state index contributed by atoms with van der Waals surface area (Å²) < 4.78 is 5.89. The van der Waals surface area contributed by atoms with Gasteiger partial charge in [-0.25, -0.2) is 9.97 Å². The predicted molar refractivity (Wildman–Crippen MR) is 140 cm³/mol. The quantitative estimate of drug-likeness (QED) is 0.220. The fraction of sp³-hybridized carbons (Fsp3) is 0.467. The van der Waals surface area contributed by atoms with Crippen molar-refractivity contribution in [2.24, 2.45) is 0 Å². The lowest BCUT2D eigenvalue weighted by atomic mass is 10.0. The molecule has 1 heterocycles. The second-order valence-corrected chi connectivity index (χ2v) is 8.94. The Balaban J connectivity index is 1.48. The van der Waals surface area contributed by atoms with Gasteiger partial charge >= 0.3 is 0 Å². The van der Waals surface area contributed by atoms with E-state index in [2.05, 4.69) is 72.3 Å². The Hall–Kier alpha value is -2.68. The van der Waals surface area contributed by atoms with E-state index < -0.39 is 0 Å². The van der Waals surface area contributed by atoms with Gasteiger partial charge < -0.3 is 4.74 Å². The third-order valence-electron chi connectivity index (χ3n) is 6.12. The number of hydrogen-bond acceptors (Lipinski definition) is 3. The fourth-order valence-electron chi connectivity index (χ4n) is 4.02. The molecule has 0 N–H and O–H groups in total. The number of unbranched alkanes of at least 4 members (excludes halogenated alkanes) is 8. The SMILES string of the molecule is CCCCCCCOc1ccc(-c2ccc(-c3ncc(CCCCCCC)cn3)cc2)cc1. The first-order valence-electron chi connectivity index (χ1n) is 12.9. The molecule has 0 unspecified atom stereocenters. The van der Waals surface area contributed by atoms with Crippen LogP contribution in [0, 0.1) is 0 Å². The summed E-state index contributed by atoms with van der Waals surface area (Å²) in [6.07, 6.45) is 17.8. The topological polar surface area (TPSA) is 35.0 Å². The van der Waals surface area contributed by atoms with E-state index in [1.807, 2.05) is 12.4 Å². The van der Waals surface area contributed by atoms with Gasteiger partial charge in [-0.3, -0.25) is 0 Å². The zero-order valence-corrected chi connectivity index (χ0v) is 20.6. The van der Waals surface area contributed by atoms with Gasteiger partial charge in [0.25, 0.3) is 0 Å². The molecule has 0 fully saturated rings. The van der Waals surface area contributed by atoms with Crippen LogP contribution in [0.5, 0.6) is 5.75 Å². The highest BCUT2D eigenvalue weighted by molar-refractivity contribution is 5.68. The summed E-state index contributed by atoms with van der Waals surface area (Å²) in [7, 11) is 0. The third kappa shape index (κ3) is 8.64. The van der Waals surface area contributed by atoms with Gasteiger partial charge in [-0.05, 0) is 48.1 Å². The summed E-state index contributed by atoms with van der Waals surface area (Å²) >= 11 is 0. The minimum atomic E-state index is 0.791. The van der Waals surface area contributed by atoms with E-state index in [9.17, 15) is 0 Å². The molecule has 0 atom stereocenters. The first-order valence-corrected chi connectivity index (χ1v) is 12.9. The van der Waals surface area contributed by atoms with E-state index in [1.165, 1.54) is 74.5 Å². The van der Waals surface area contributed by atoms with Gasteiger partial charge in [-0.2, -0.15) is 0 Å². The Kier molecular flexibility index (Phi) is 10.9. The van der Waals surface area contributed by atoms with Crippen LogP contribution in [-0.4, -0.2) is 16.6 Å². The Bertz CT molecular complexity index is 902. The Morgan fingerprint density at radius 3 is 1.70 bits per heavy atom. The molecule has 176 valence electrons. The summed E-state index contributed by atoms with van der Waals surface area (Å²) in [6.45, 7) is 5.30. The number of aromatic nitrogens is 2. The van der Waals surface area contributed by atoms with E-state index in [1.54, 1.807) is 0 Å². The lowest BCUT2D eigenvalue weighted by molar-refractivity contribution is 0.304. The predicted octanol–water partition coefficient (Wildman–Crippen LogP) is 8.67. The van der Waals surface area contributed by atoms with Crippen LogP contribution in [0.1, 0.15) is 83.6 Å². The Morgan fingerprint density at radius 2 is 1.09 bits per heavy atom. The third-order valence-corrected chi connectivity index (χ3v) is 6.12. The molecular formula is C30H40N2O. The van der Waals surface area contributed by atoms with Gasteiger partial charge in [0.15, 0.2) is 5.82 Å². The number of hydrogen-bond donors (Lipinski definition) is 0. The van der Waals surface area contributed by atoms with Crippen molar-refractivity contribution in [1.82, 2.24) is 9.97 Å². The largest absolute Gasteiger partial charge is 0.494 e. The molecule has 2 aromatic carbocycles. The summed E-state index contributed by atoms with van der Waals surface area (Å²) in [6, 6.07) is 16.9. The summed E-state index contributed by atoms with van der Waals surface area (Å²) in [4.78, 5) is 9.20. The maximum absolute atomic E-state index is 5.89. The van der Waals surface area contributed by atoms with E-state index in [0.717, 1.165) is 36.6 Å². The first kappa shape index (κ1) is 25.0. The van der Waals surface area contributed by atoms with Crippen LogP contribution in [-0.2, 0) is 6.42 Å². The molecule has 0 saturated carbocycles. The van der Waals surface area contributed by atoms with Crippen molar-refractivity contribution < 1.29 is 4.74 Å². The second-order valence-electron chi connectivity index (χ2n) is 8.94. The molecule has 3 aromatic rings. The van der Waals surface area contributed by atoms with Crippen molar-refractivity contribution in [3.8, 4) is 28.3 Å². The van der Waals surface area contributed by atoms with E-state index in [0.29, 0.717) is 0 Å². The maximum atomic E-state index is 5.89. The van der Waals surface area contributed by atoms with Gasteiger partial charge in [-0.1, -0.05) is 102 Å². The van der Waals surface area contributed by atoms with Crippen molar-refractivity contribution in [3.63, 3.8) is 0 Å². The summed E-state index contributed by atoms with van der Waals surface area (Å²) in [5.41, 5.74) is 4.66. The van der Waals surface area contributed by atoms with E-state index in [-0.39, 0.29) is 0 Å². The monoisotopic (exact) mass is 444 g/mol. The highest BCUT2D eigenvalue weighted by Crippen LogP contribution is 2.25. The Morgan fingerprint density at radius 1 is 0.576 bits per heavy atom. The molecule has 3 rings (SSSR count). The number of rotatable bonds is 15. The van der Waals surface area contributed by atoms with Gasteiger partial charge in [-0.15, -0.1) is 0 Å². The molecule has 3 nitrogen and oxygen atoms in total. The van der Waals surface area contributed by atoms with Crippen LogP contribution in [0.3, 0.4) is 0 Å². The summed E-state index contributed by atoms with van der Waals surface area (Å²) in [5.74, 6) is 1.74. The second kappa shape index (κ2) is 14.5. The number of aryl methyl sites for hydroxylation is 1. The molecule has 0 aliphatic carbocycles. The number of ether oxygens (including phenoxy) is 1. The van der Waals surface area contributed by atoms with Crippen molar-refractivity contribution in [2.75, 3.05) is 6.61 Å². The molecule has 33 heavy (non-hydrogen) atoms. The smallest absolute Gasteiger partial charge is 0.159 e. The molecule has 3 heteroatoms. The molecule has 0 spiro atoms. The van der Waals surface area contributed by atoms with Crippen LogP contribution in [0.4, 0.5) is 0 Å². The lowest BCUT2D eigenvalue weighted by Crippen LogP contribution is -1.97. The lowest BCUT2D eigenvalue weighted by Gasteiger charge is -2.08. The van der Waals surface area contributed by atoms with Crippen molar-refractivity contribution >= 4 is 0 Å². The molecule has 0 saturated heterocycles. The van der Waals surface area contributed by atoms with Crippen LogP contribution in [0.2, 0.25) is 0 Å². The molecule has 0 radical (unpaired) electrons. The zero-order chi connectivity index (χ0) is 23.1. The van der Waals surface area contributed by atoms with Crippen LogP contribution >= 0.6 is 0 Å². The number of nitrogens with zero attached hydrogens (tertiary/aromatic N) is 2. The van der Waals surface area contributed by atoms with Gasteiger partial charge in [0, 0.05) is 18.0 Å². The van der Waals surface area contributed by atoms with Gasteiger partial charge in [0.1, 0.15) is 5.75 Å². The van der Waals surface area contributed by atoms with Gasteiger partial charge in [0.05, 0.1) is 6.61 Å². The van der Waals surface area contributed by atoms with Crippen LogP contribution in [0.15, 0.2) is 60.9 Å². The maximum Gasteiger partial charge on any atom is 0.159 e. The minimum absolute atomic E-state index is 0.791. The molecule has 0 aliphatic heterocycles. The average Bonchev–Trinajstić information content (AvgIpc) is 2.87. The van der Waals surface area contributed by atoms with Crippen LogP contribution < -0.4 is 4.74 Å². The Labute approximate surface area is 200 Å².